The monoisotopic (exact) mass is 426 g/mol. The number of ether oxygens (including phenoxy) is 3. The van der Waals surface area contributed by atoms with Crippen molar-refractivity contribution in [3.05, 3.63) is 53.1 Å². The van der Waals surface area contributed by atoms with Gasteiger partial charge in [-0.25, -0.2) is 9.59 Å². The molecule has 0 saturated heterocycles. The standard InChI is InChI=1S/C23H26N2O6/c1-29-20-13-14(22(26)27)6-8-17(20)21(24)25-10-11-30-19-9-7-15(12-18(19)25)23(28)31-16-4-2-3-5-16/h6-9,12-13,16,21H,2-5,10-11,24H2,1H3,(H,26,27). The average molecular weight is 426 g/mol. The number of carbonyl (C=O) groups excluding carboxylic acids is 1. The molecule has 2 aromatic rings. The Bertz CT molecular complexity index is 986. The third-order valence-electron chi connectivity index (χ3n) is 5.80. The van der Waals surface area contributed by atoms with Crippen LogP contribution in [0.2, 0.25) is 0 Å². The first-order chi connectivity index (χ1) is 15.0. The molecule has 2 aliphatic rings. The van der Waals surface area contributed by atoms with Crippen molar-refractivity contribution in [3.63, 3.8) is 0 Å². The molecular formula is C23H26N2O6. The SMILES string of the molecule is COc1cc(C(=O)O)ccc1C(N)N1CCOc2ccc(C(=O)OC3CCCC3)cc21. The first-order valence-electron chi connectivity index (χ1n) is 10.4. The number of esters is 1. The average Bonchev–Trinajstić information content (AvgIpc) is 3.30. The Hall–Kier alpha value is -3.26. The number of nitrogens with zero attached hydrogens (tertiary/aromatic N) is 1. The van der Waals surface area contributed by atoms with Gasteiger partial charge in [0.2, 0.25) is 0 Å². The van der Waals surface area contributed by atoms with Gasteiger partial charge in [0.05, 0.1) is 30.5 Å². The number of anilines is 1. The largest absolute Gasteiger partial charge is 0.496 e. The van der Waals surface area contributed by atoms with E-state index >= 15 is 0 Å². The van der Waals surface area contributed by atoms with E-state index in [1.807, 2.05) is 4.90 Å². The fourth-order valence-corrected chi connectivity index (χ4v) is 4.14. The Labute approximate surface area is 180 Å². The van der Waals surface area contributed by atoms with Gasteiger partial charge in [-0.3, -0.25) is 0 Å². The van der Waals surface area contributed by atoms with E-state index < -0.39 is 12.1 Å². The van der Waals surface area contributed by atoms with Crippen molar-refractivity contribution in [1.29, 1.82) is 0 Å². The number of fused-ring (bicyclic) bond motifs is 1. The van der Waals surface area contributed by atoms with E-state index in [9.17, 15) is 14.7 Å². The summed E-state index contributed by atoms with van der Waals surface area (Å²) >= 11 is 0. The highest BCUT2D eigenvalue weighted by molar-refractivity contribution is 5.91. The maximum atomic E-state index is 12.6. The van der Waals surface area contributed by atoms with Crippen LogP contribution in [0.3, 0.4) is 0 Å². The van der Waals surface area contributed by atoms with Crippen LogP contribution in [0.4, 0.5) is 5.69 Å². The summed E-state index contributed by atoms with van der Waals surface area (Å²) in [6.45, 7) is 0.932. The van der Waals surface area contributed by atoms with Crippen molar-refractivity contribution in [3.8, 4) is 11.5 Å². The number of benzene rings is 2. The van der Waals surface area contributed by atoms with Crippen LogP contribution in [0.1, 0.15) is 58.1 Å². The maximum absolute atomic E-state index is 12.6. The van der Waals surface area contributed by atoms with Gasteiger partial charge in [-0.05, 0) is 56.0 Å². The van der Waals surface area contributed by atoms with Gasteiger partial charge in [-0.2, -0.15) is 0 Å². The second-order valence-corrected chi connectivity index (χ2v) is 7.74. The van der Waals surface area contributed by atoms with Crippen LogP contribution in [0, 0.1) is 0 Å². The predicted octanol–water partition coefficient (Wildman–Crippen LogP) is 3.35. The number of carbonyl (C=O) groups is 2. The van der Waals surface area contributed by atoms with E-state index in [-0.39, 0.29) is 17.6 Å². The highest BCUT2D eigenvalue weighted by Crippen LogP contribution is 2.38. The molecule has 0 amide bonds. The van der Waals surface area contributed by atoms with Gasteiger partial charge in [0, 0.05) is 5.56 Å². The summed E-state index contributed by atoms with van der Waals surface area (Å²) in [6, 6.07) is 9.80. The van der Waals surface area contributed by atoms with Crippen molar-refractivity contribution < 1.29 is 28.9 Å². The molecule has 31 heavy (non-hydrogen) atoms. The molecule has 1 aliphatic heterocycles. The molecule has 8 heteroatoms. The van der Waals surface area contributed by atoms with E-state index in [0.717, 1.165) is 25.7 Å². The zero-order chi connectivity index (χ0) is 22.0. The Kier molecular flexibility index (Phi) is 5.99. The molecule has 8 nitrogen and oxygen atoms in total. The van der Waals surface area contributed by atoms with Crippen molar-refractivity contribution >= 4 is 17.6 Å². The lowest BCUT2D eigenvalue weighted by Gasteiger charge is -2.36. The van der Waals surface area contributed by atoms with Gasteiger partial charge in [0.1, 0.15) is 30.4 Å². The van der Waals surface area contributed by atoms with Crippen molar-refractivity contribution in [2.24, 2.45) is 5.73 Å². The fourth-order valence-electron chi connectivity index (χ4n) is 4.14. The topological polar surface area (TPSA) is 111 Å². The number of hydrogen-bond donors (Lipinski definition) is 2. The number of carboxylic acid groups (broad SMARTS) is 1. The molecule has 1 fully saturated rings. The molecule has 0 spiro atoms. The minimum Gasteiger partial charge on any atom is -0.496 e. The Morgan fingerprint density at radius 3 is 2.61 bits per heavy atom. The third kappa shape index (κ3) is 4.29. The van der Waals surface area contributed by atoms with Crippen LogP contribution in [0.5, 0.6) is 11.5 Å². The normalized spacial score (nSPS) is 16.9. The number of methoxy groups -OCH3 is 1. The zero-order valence-electron chi connectivity index (χ0n) is 17.4. The van der Waals surface area contributed by atoms with Gasteiger partial charge in [-0.15, -0.1) is 0 Å². The Morgan fingerprint density at radius 1 is 1.16 bits per heavy atom. The smallest absolute Gasteiger partial charge is 0.338 e. The molecule has 164 valence electrons. The van der Waals surface area contributed by atoms with Crippen LogP contribution in [-0.2, 0) is 4.74 Å². The van der Waals surface area contributed by atoms with E-state index in [4.69, 9.17) is 19.9 Å². The molecule has 1 heterocycles. The molecule has 1 unspecified atom stereocenters. The van der Waals surface area contributed by atoms with Crippen molar-refractivity contribution in [1.82, 2.24) is 0 Å². The second kappa shape index (κ2) is 8.85. The first-order valence-corrected chi connectivity index (χ1v) is 10.4. The second-order valence-electron chi connectivity index (χ2n) is 7.74. The van der Waals surface area contributed by atoms with Gasteiger partial charge < -0.3 is 30.0 Å². The van der Waals surface area contributed by atoms with E-state index in [1.54, 1.807) is 24.3 Å². The molecule has 0 radical (unpaired) electrons. The first kappa shape index (κ1) is 21.0. The van der Waals surface area contributed by atoms with Crippen LogP contribution < -0.4 is 20.1 Å². The van der Waals surface area contributed by atoms with Crippen molar-refractivity contribution in [2.75, 3.05) is 25.2 Å². The lowest BCUT2D eigenvalue weighted by atomic mass is 10.0. The Balaban J connectivity index is 1.62. The summed E-state index contributed by atoms with van der Waals surface area (Å²) in [6.07, 6.45) is 3.34. The summed E-state index contributed by atoms with van der Waals surface area (Å²) < 4.78 is 16.8. The quantitative estimate of drug-likeness (QED) is 0.677. The van der Waals surface area contributed by atoms with Gasteiger partial charge in [-0.1, -0.05) is 6.07 Å². The molecular weight excluding hydrogens is 400 g/mol. The molecule has 4 rings (SSSR count). The minimum atomic E-state index is -1.04. The summed E-state index contributed by atoms with van der Waals surface area (Å²) in [5.74, 6) is -0.379. The fraction of sp³-hybridized carbons (Fsp3) is 0.391. The van der Waals surface area contributed by atoms with Crippen LogP contribution in [0.15, 0.2) is 36.4 Å². The lowest BCUT2D eigenvalue weighted by Crippen LogP contribution is -2.40. The van der Waals surface area contributed by atoms with Crippen LogP contribution in [-0.4, -0.2) is 43.4 Å². The van der Waals surface area contributed by atoms with E-state index in [1.165, 1.54) is 19.2 Å². The summed E-state index contributed by atoms with van der Waals surface area (Å²) in [4.78, 5) is 25.8. The van der Waals surface area contributed by atoms with E-state index in [0.29, 0.717) is 41.5 Å². The Morgan fingerprint density at radius 2 is 1.90 bits per heavy atom. The number of nitrogens with two attached hydrogens (primary N) is 1. The highest BCUT2D eigenvalue weighted by atomic mass is 16.5. The van der Waals surface area contributed by atoms with Crippen LogP contribution >= 0.6 is 0 Å². The van der Waals surface area contributed by atoms with Gasteiger partial charge in [0.15, 0.2) is 0 Å². The molecule has 0 bridgehead atoms. The number of hydrogen-bond acceptors (Lipinski definition) is 7. The third-order valence-corrected chi connectivity index (χ3v) is 5.80. The highest BCUT2D eigenvalue weighted by Gasteiger charge is 2.28. The summed E-state index contributed by atoms with van der Waals surface area (Å²) in [7, 11) is 1.47. The summed E-state index contributed by atoms with van der Waals surface area (Å²) in [5, 5.41) is 9.24. The number of aromatic carboxylic acids is 1. The molecule has 1 atom stereocenters. The minimum absolute atomic E-state index is 0.0184. The van der Waals surface area contributed by atoms with E-state index in [2.05, 4.69) is 0 Å². The molecule has 1 aliphatic carbocycles. The molecule has 0 aromatic heterocycles. The van der Waals surface area contributed by atoms with Crippen molar-refractivity contribution in [2.45, 2.75) is 38.0 Å². The predicted molar refractivity (Wildman–Crippen MR) is 114 cm³/mol. The van der Waals surface area contributed by atoms with Crippen LogP contribution in [0.25, 0.3) is 0 Å². The maximum Gasteiger partial charge on any atom is 0.338 e. The summed E-state index contributed by atoms with van der Waals surface area (Å²) in [5.41, 5.74) is 8.46. The van der Waals surface area contributed by atoms with Gasteiger partial charge in [0.25, 0.3) is 0 Å². The number of rotatable bonds is 6. The molecule has 3 N–H and O–H groups in total. The number of carboxylic acids is 1. The molecule has 2 aromatic carbocycles. The van der Waals surface area contributed by atoms with Gasteiger partial charge >= 0.3 is 11.9 Å². The zero-order valence-corrected chi connectivity index (χ0v) is 17.4. The lowest BCUT2D eigenvalue weighted by molar-refractivity contribution is 0.0317. The molecule has 1 saturated carbocycles.